The number of likely N-dealkylation sites (N-methyl/N-ethyl adjacent to an activating group) is 1. The lowest BCUT2D eigenvalue weighted by molar-refractivity contribution is -0.286. The standard InChI is InChI=1S/C29H41NO4/c1-6-7-8-9-12-25(2,32)21-18-27-13-14-29(21,33-5)26(3)28(27)15-16-30(4)22(27)17-19-10-11-20(31)24(34-26)23(19)28/h10-11,13-14,21-22,31-32H,6-9,12,15-18H2,1-5H3/t21-,22-,25-,26+,27-,28+,29-/m1/s1. The molecule has 2 fully saturated rings. The Bertz CT molecular complexity index is 1050. The number of unbranched alkanes of at least 4 members (excludes halogenated alkanes) is 3. The summed E-state index contributed by atoms with van der Waals surface area (Å²) < 4.78 is 13.5. The first-order valence-electron chi connectivity index (χ1n) is 13.4. The van der Waals surface area contributed by atoms with Gasteiger partial charge in [0.15, 0.2) is 11.5 Å². The van der Waals surface area contributed by atoms with Gasteiger partial charge in [-0.25, -0.2) is 0 Å². The van der Waals surface area contributed by atoms with Gasteiger partial charge < -0.3 is 24.6 Å². The number of likely N-dealkylation sites (tertiary alicyclic amines) is 1. The van der Waals surface area contributed by atoms with E-state index in [1.165, 1.54) is 24.0 Å². The second-order valence-corrected chi connectivity index (χ2v) is 12.2. The third-order valence-corrected chi connectivity index (χ3v) is 11.0. The number of aliphatic hydroxyl groups is 1. The first-order valence-corrected chi connectivity index (χ1v) is 13.4. The fourth-order valence-electron chi connectivity index (χ4n) is 9.47. The lowest BCUT2D eigenvalue weighted by Crippen LogP contribution is -2.85. The summed E-state index contributed by atoms with van der Waals surface area (Å²) in [4.78, 5) is 2.53. The van der Waals surface area contributed by atoms with Gasteiger partial charge in [0.05, 0.1) is 11.0 Å². The molecular weight excluding hydrogens is 426 g/mol. The molecule has 0 aromatic heterocycles. The molecule has 1 aromatic rings. The summed E-state index contributed by atoms with van der Waals surface area (Å²) in [6.07, 6.45) is 12.8. The van der Waals surface area contributed by atoms with Crippen molar-refractivity contribution in [1.82, 2.24) is 4.90 Å². The SMILES string of the molecule is CCCCCC[C@@](C)(O)[C@H]1C[C@@]23C=C[C@]1(OC)[C@@]1(C)Oc4c(O)ccc5c4[C@@]12CCN(C)[C@@H]3C5. The van der Waals surface area contributed by atoms with Crippen LogP contribution in [0.15, 0.2) is 24.3 Å². The first-order chi connectivity index (χ1) is 16.1. The van der Waals surface area contributed by atoms with Gasteiger partial charge in [0.2, 0.25) is 0 Å². The number of ether oxygens (including phenoxy) is 2. The number of nitrogens with zero attached hydrogens (tertiary/aromatic N) is 1. The molecule has 0 radical (unpaired) electrons. The van der Waals surface area contributed by atoms with E-state index in [0.717, 1.165) is 45.1 Å². The summed E-state index contributed by atoms with van der Waals surface area (Å²) in [6, 6.07) is 4.24. The third-order valence-electron chi connectivity index (χ3n) is 11.0. The Morgan fingerprint density at radius 2 is 2.03 bits per heavy atom. The van der Waals surface area contributed by atoms with E-state index in [1.807, 2.05) is 6.92 Å². The van der Waals surface area contributed by atoms with Crippen molar-refractivity contribution in [2.24, 2.45) is 11.3 Å². The van der Waals surface area contributed by atoms with Crippen molar-refractivity contribution in [2.75, 3.05) is 20.7 Å². The predicted molar refractivity (Wildman–Crippen MR) is 132 cm³/mol. The van der Waals surface area contributed by atoms with Gasteiger partial charge in [-0.05, 0) is 64.8 Å². The first kappa shape index (κ1) is 22.9. The Kier molecular flexibility index (Phi) is 4.72. The molecule has 7 atom stereocenters. The minimum Gasteiger partial charge on any atom is -0.504 e. The highest BCUT2D eigenvalue weighted by Crippen LogP contribution is 2.79. The summed E-state index contributed by atoms with van der Waals surface area (Å²) in [5.74, 6) is 0.785. The Morgan fingerprint density at radius 1 is 1.24 bits per heavy atom. The summed E-state index contributed by atoms with van der Waals surface area (Å²) in [6.45, 7) is 7.45. The van der Waals surface area contributed by atoms with E-state index in [4.69, 9.17) is 9.47 Å². The van der Waals surface area contributed by atoms with Gasteiger partial charge in [0.1, 0.15) is 11.2 Å². The van der Waals surface area contributed by atoms with Crippen molar-refractivity contribution in [3.05, 3.63) is 35.4 Å². The Balaban J connectivity index is 1.56. The number of methoxy groups -OCH3 is 1. The molecule has 2 heterocycles. The van der Waals surface area contributed by atoms with Crippen molar-refractivity contribution in [1.29, 1.82) is 0 Å². The van der Waals surface area contributed by atoms with Crippen molar-refractivity contribution >= 4 is 0 Å². The van der Waals surface area contributed by atoms with Gasteiger partial charge in [0.25, 0.3) is 0 Å². The van der Waals surface area contributed by atoms with Gasteiger partial charge in [0, 0.05) is 30.0 Å². The normalized spacial score (nSPS) is 42.9. The quantitative estimate of drug-likeness (QED) is 0.449. The van der Waals surface area contributed by atoms with Crippen LogP contribution in [0, 0.1) is 11.3 Å². The van der Waals surface area contributed by atoms with Crippen LogP contribution in [0.5, 0.6) is 11.5 Å². The number of piperidine rings is 1. The molecule has 0 amide bonds. The Labute approximate surface area is 204 Å². The average molecular weight is 468 g/mol. The Hall–Kier alpha value is -1.56. The van der Waals surface area contributed by atoms with Crippen molar-refractivity contribution < 1.29 is 19.7 Å². The Morgan fingerprint density at radius 3 is 2.76 bits per heavy atom. The second-order valence-electron chi connectivity index (χ2n) is 12.2. The molecular formula is C29H41NO4. The van der Waals surface area contributed by atoms with Crippen LogP contribution in [0.4, 0.5) is 0 Å². The molecule has 2 spiro atoms. The number of phenols is 1. The zero-order valence-electron chi connectivity index (χ0n) is 21.5. The highest BCUT2D eigenvalue weighted by atomic mass is 16.6. The number of benzene rings is 1. The van der Waals surface area contributed by atoms with Gasteiger partial charge in [-0.1, -0.05) is 50.8 Å². The lowest BCUT2D eigenvalue weighted by atomic mass is 9.32. The topological polar surface area (TPSA) is 62.2 Å². The average Bonchev–Trinajstić information content (AvgIpc) is 3.11. The van der Waals surface area contributed by atoms with Gasteiger partial charge in [-0.15, -0.1) is 0 Å². The fourth-order valence-corrected chi connectivity index (χ4v) is 9.47. The summed E-state index contributed by atoms with van der Waals surface area (Å²) in [5, 5.41) is 23.0. The molecule has 1 aromatic carbocycles. The van der Waals surface area contributed by atoms with E-state index >= 15 is 0 Å². The van der Waals surface area contributed by atoms with E-state index in [0.29, 0.717) is 11.8 Å². The zero-order valence-corrected chi connectivity index (χ0v) is 21.5. The summed E-state index contributed by atoms with van der Waals surface area (Å²) >= 11 is 0. The maximum atomic E-state index is 12.1. The van der Waals surface area contributed by atoms with Crippen LogP contribution in [-0.2, 0) is 16.6 Å². The van der Waals surface area contributed by atoms with E-state index in [9.17, 15) is 10.2 Å². The van der Waals surface area contributed by atoms with Crippen LogP contribution in [0.25, 0.3) is 0 Å². The zero-order chi connectivity index (χ0) is 24.1. The molecule has 7 rings (SSSR count). The van der Waals surface area contributed by atoms with Crippen LogP contribution in [0.1, 0.15) is 76.8 Å². The van der Waals surface area contributed by atoms with Gasteiger partial charge >= 0.3 is 0 Å². The predicted octanol–water partition coefficient (Wildman–Crippen LogP) is 4.72. The molecule has 4 aliphatic carbocycles. The van der Waals surface area contributed by atoms with Crippen molar-refractivity contribution in [2.45, 2.75) is 100 Å². The number of phenolic OH excluding ortho intramolecular Hbond substituents is 1. The van der Waals surface area contributed by atoms with E-state index < -0.39 is 16.8 Å². The fraction of sp³-hybridized carbons (Fsp3) is 0.724. The number of hydrogen-bond donors (Lipinski definition) is 2. The monoisotopic (exact) mass is 467 g/mol. The molecule has 4 bridgehead atoms. The van der Waals surface area contributed by atoms with Crippen molar-refractivity contribution in [3.63, 3.8) is 0 Å². The highest BCUT2D eigenvalue weighted by molar-refractivity contribution is 5.67. The summed E-state index contributed by atoms with van der Waals surface area (Å²) in [7, 11) is 4.04. The smallest absolute Gasteiger partial charge is 0.166 e. The lowest BCUT2D eigenvalue weighted by Gasteiger charge is -2.75. The van der Waals surface area contributed by atoms with Gasteiger partial charge in [-0.3, -0.25) is 0 Å². The molecule has 0 unspecified atom stereocenters. The largest absolute Gasteiger partial charge is 0.504 e. The molecule has 34 heavy (non-hydrogen) atoms. The molecule has 6 aliphatic rings. The van der Waals surface area contributed by atoms with Crippen LogP contribution in [-0.4, -0.2) is 58.7 Å². The van der Waals surface area contributed by atoms with Crippen molar-refractivity contribution in [3.8, 4) is 11.5 Å². The molecule has 5 heteroatoms. The number of fused-ring (bicyclic) bond motifs is 1. The number of aromatic hydroxyl groups is 1. The molecule has 186 valence electrons. The number of hydrogen-bond acceptors (Lipinski definition) is 5. The van der Waals surface area contributed by atoms with E-state index in [-0.39, 0.29) is 22.5 Å². The van der Waals surface area contributed by atoms with Crippen LogP contribution in [0.2, 0.25) is 0 Å². The maximum Gasteiger partial charge on any atom is 0.166 e. The third kappa shape index (κ3) is 2.29. The molecule has 2 aliphatic heterocycles. The number of rotatable bonds is 7. The molecule has 2 N–H and O–H groups in total. The van der Waals surface area contributed by atoms with Crippen LogP contribution >= 0.6 is 0 Å². The minimum absolute atomic E-state index is 0.0956. The maximum absolute atomic E-state index is 12.1. The molecule has 1 saturated heterocycles. The molecule has 1 saturated carbocycles. The minimum atomic E-state index is -0.876. The van der Waals surface area contributed by atoms with E-state index in [2.05, 4.69) is 44.0 Å². The second kappa shape index (κ2) is 7.02. The van der Waals surface area contributed by atoms with Gasteiger partial charge in [-0.2, -0.15) is 0 Å². The molecule has 5 nitrogen and oxygen atoms in total. The summed E-state index contributed by atoms with van der Waals surface area (Å²) in [5.41, 5.74) is -0.295. The van der Waals surface area contributed by atoms with Crippen LogP contribution in [0.3, 0.4) is 0 Å². The highest BCUT2D eigenvalue weighted by Gasteiger charge is 2.85. The van der Waals surface area contributed by atoms with Crippen LogP contribution < -0.4 is 4.74 Å². The van der Waals surface area contributed by atoms with E-state index in [1.54, 1.807) is 13.2 Å².